The first kappa shape index (κ1) is 14.8. The van der Waals surface area contributed by atoms with Crippen molar-refractivity contribution in [2.75, 3.05) is 24.6 Å². The maximum absolute atomic E-state index is 11.3. The van der Waals surface area contributed by atoms with E-state index in [9.17, 15) is 13.5 Å². The van der Waals surface area contributed by atoms with E-state index in [1.54, 1.807) is 12.1 Å². The van der Waals surface area contributed by atoms with Crippen LogP contribution < -0.4 is 5.32 Å². The summed E-state index contributed by atoms with van der Waals surface area (Å²) in [5, 5.41) is 13.7. The van der Waals surface area contributed by atoms with Crippen LogP contribution in [0.3, 0.4) is 0 Å². The molecule has 1 saturated heterocycles. The van der Waals surface area contributed by atoms with Gasteiger partial charge in [0, 0.05) is 17.1 Å². The van der Waals surface area contributed by atoms with Crippen molar-refractivity contribution in [3.05, 3.63) is 34.9 Å². The van der Waals surface area contributed by atoms with Gasteiger partial charge in [0.2, 0.25) is 0 Å². The van der Waals surface area contributed by atoms with E-state index in [4.69, 9.17) is 11.6 Å². The van der Waals surface area contributed by atoms with Gasteiger partial charge in [-0.1, -0.05) is 29.8 Å². The molecule has 0 spiro atoms. The number of rotatable bonds is 5. The molecule has 6 heteroatoms. The minimum absolute atomic E-state index is 0.156. The summed E-state index contributed by atoms with van der Waals surface area (Å²) in [7, 11) is -2.83. The molecular formula is C13H18ClNO3S. The van der Waals surface area contributed by atoms with Crippen LogP contribution in [-0.2, 0) is 9.84 Å². The van der Waals surface area contributed by atoms with Crippen LogP contribution in [0.2, 0.25) is 5.02 Å². The van der Waals surface area contributed by atoms with E-state index in [-0.39, 0.29) is 17.4 Å². The Morgan fingerprint density at radius 2 is 2.16 bits per heavy atom. The fourth-order valence-corrected chi connectivity index (χ4v) is 4.44. The normalized spacial score (nSPS) is 23.4. The van der Waals surface area contributed by atoms with E-state index < -0.39 is 15.9 Å². The van der Waals surface area contributed by atoms with Gasteiger partial charge < -0.3 is 10.4 Å². The standard InChI is InChI=1S/C13H18ClNO3S/c14-12-4-2-1-3-11(12)13(16)8-15-7-10-5-6-19(17,18)9-10/h1-4,10,13,15-16H,5-9H2. The van der Waals surface area contributed by atoms with Gasteiger partial charge in [-0.3, -0.25) is 0 Å². The molecule has 106 valence electrons. The van der Waals surface area contributed by atoms with Crippen molar-refractivity contribution in [3.63, 3.8) is 0 Å². The van der Waals surface area contributed by atoms with Crippen molar-refractivity contribution in [2.45, 2.75) is 12.5 Å². The number of hydrogen-bond donors (Lipinski definition) is 2. The Labute approximate surface area is 118 Å². The quantitative estimate of drug-likeness (QED) is 0.863. The molecule has 0 aromatic heterocycles. The Morgan fingerprint density at radius 3 is 2.79 bits per heavy atom. The van der Waals surface area contributed by atoms with E-state index in [1.807, 2.05) is 12.1 Å². The van der Waals surface area contributed by atoms with Gasteiger partial charge in [-0.05, 0) is 24.9 Å². The van der Waals surface area contributed by atoms with Crippen LogP contribution in [0.5, 0.6) is 0 Å². The molecule has 0 saturated carbocycles. The predicted octanol–water partition coefficient (Wildman–Crippen LogP) is 1.40. The number of halogens is 1. The van der Waals surface area contributed by atoms with Crippen molar-refractivity contribution in [2.24, 2.45) is 5.92 Å². The fraction of sp³-hybridized carbons (Fsp3) is 0.538. The smallest absolute Gasteiger partial charge is 0.150 e. The van der Waals surface area contributed by atoms with Gasteiger partial charge in [0.15, 0.2) is 9.84 Å². The van der Waals surface area contributed by atoms with Gasteiger partial charge in [0.1, 0.15) is 0 Å². The van der Waals surface area contributed by atoms with Crippen molar-refractivity contribution in [3.8, 4) is 0 Å². The van der Waals surface area contributed by atoms with Gasteiger partial charge >= 0.3 is 0 Å². The Hall–Kier alpha value is -0.620. The highest BCUT2D eigenvalue weighted by Crippen LogP contribution is 2.22. The third-order valence-electron chi connectivity index (χ3n) is 3.36. The summed E-state index contributed by atoms with van der Waals surface area (Å²) in [5.74, 6) is 0.692. The van der Waals surface area contributed by atoms with E-state index in [0.29, 0.717) is 30.1 Å². The number of aliphatic hydroxyl groups is 1. The maximum atomic E-state index is 11.3. The predicted molar refractivity (Wildman–Crippen MR) is 76.0 cm³/mol. The second-order valence-corrected chi connectivity index (χ2v) is 7.60. The number of sulfone groups is 1. The highest BCUT2D eigenvalue weighted by Gasteiger charge is 2.27. The van der Waals surface area contributed by atoms with Crippen molar-refractivity contribution < 1.29 is 13.5 Å². The largest absolute Gasteiger partial charge is 0.387 e. The molecular weight excluding hydrogens is 286 g/mol. The number of aliphatic hydroxyl groups excluding tert-OH is 1. The Kier molecular flexibility index (Phi) is 4.84. The van der Waals surface area contributed by atoms with Crippen molar-refractivity contribution >= 4 is 21.4 Å². The molecule has 2 unspecified atom stereocenters. The molecule has 1 aliphatic rings. The molecule has 2 N–H and O–H groups in total. The Bertz CT molecular complexity index is 532. The average molecular weight is 304 g/mol. The molecule has 0 bridgehead atoms. The van der Waals surface area contributed by atoms with Crippen LogP contribution in [0.25, 0.3) is 0 Å². The second-order valence-electron chi connectivity index (χ2n) is 4.96. The van der Waals surface area contributed by atoms with Crippen molar-refractivity contribution in [1.82, 2.24) is 5.32 Å². The molecule has 1 aromatic carbocycles. The number of hydrogen-bond acceptors (Lipinski definition) is 4. The van der Waals surface area contributed by atoms with Gasteiger partial charge in [-0.2, -0.15) is 0 Å². The highest BCUT2D eigenvalue weighted by atomic mass is 35.5. The SMILES string of the molecule is O=S1(=O)CCC(CNCC(O)c2ccccc2Cl)C1. The molecule has 2 rings (SSSR count). The maximum Gasteiger partial charge on any atom is 0.150 e. The highest BCUT2D eigenvalue weighted by molar-refractivity contribution is 7.91. The van der Waals surface area contributed by atoms with Crippen LogP contribution >= 0.6 is 11.6 Å². The van der Waals surface area contributed by atoms with Gasteiger partial charge in [0.25, 0.3) is 0 Å². The Balaban J connectivity index is 1.79. The number of benzene rings is 1. The summed E-state index contributed by atoms with van der Waals surface area (Å²) in [6.45, 7) is 0.987. The molecule has 4 nitrogen and oxygen atoms in total. The molecule has 0 aliphatic carbocycles. The minimum atomic E-state index is -2.83. The molecule has 1 fully saturated rings. The summed E-state index contributed by atoms with van der Waals surface area (Å²) in [6, 6.07) is 7.17. The lowest BCUT2D eigenvalue weighted by molar-refractivity contribution is 0.173. The topological polar surface area (TPSA) is 66.4 Å². The molecule has 1 aliphatic heterocycles. The summed E-state index contributed by atoms with van der Waals surface area (Å²) < 4.78 is 22.6. The molecule has 2 atom stereocenters. The average Bonchev–Trinajstić information content (AvgIpc) is 2.69. The zero-order chi connectivity index (χ0) is 13.9. The zero-order valence-electron chi connectivity index (χ0n) is 10.5. The first-order valence-electron chi connectivity index (χ1n) is 6.31. The van der Waals surface area contributed by atoms with Crippen LogP contribution in [0.15, 0.2) is 24.3 Å². The summed E-state index contributed by atoms with van der Waals surface area (Å²) in [4.78, 5) is 0. The molecule has 0 radical (unpaired) electrons. The monoisotopic (exact) mass is 303 g/mol. The van der Waals surface area contributed by atoms with Crippen LogP contribution in [0, 0.1) is 5.92 Å². The van der Waals surface area contributed by atoms with Crippen LogP contribution in [0.1, 0.15) is 18.1 Å². The zero-order valence-corrected chi connectivity index (χ0v) is 12.1. The van der Waals surface area contributed by atoms with E-state index in [1.165, 1.54) is 0 Å². The molecule has 1 heterocycles. The first-order valence-corrected chi connectivity index (χ1v) is 8.51. The third kappa shape index (κ3) is 4.18. The summed E-state index contributed by atoms with van der Waals surface area (Å²) in [5.41, 5.74) is 0.690. The van der Waals surface area contributed by atoms with Gasteiger partial charge in [-0.15, -0.1) is 0 Å². The first-order chi connectivity index (χ1) is 8.98. The van der Waals surface area contributed by atoms with Crippen LogP contribution in [0.4, 0.5) is 0 Å². The molecule has 0 amide bonds. The van der Waals surface area contributed by atoms with Crippen LogP contribution in [-0.4, -0.2) is 38.1 Å². The van der Waals surface area contributed by atoms with Gasteiger partial charge in [-0.25, -0.2) is 8.42 Å². The van der Waals surface area contributed by atoms with E-state index in [2.05, 4.69) is 5.32 Å². The fourth-order valence-electron chi connectivity index (χ4n) is 2.31. The molecule has 19 heavy (non-hydrogen) atoms. The third-order valence-corrected chi connectivity index (χ3v) is 5.54. The number of nitrogens with one attached hydrogen (secondary N) is 1. The van der Waals surface area contributed by atoms with Crippen molar-refractivity contribution in [1.29, 1.82) is 0 Å². The van der Waals surface area contributed by atoms with E-state index in [0.717, 1.165) is 0 Å². The van der Waals surface area contributed by atoms with Gasteiger partial charge in [0.05, 0.1) is 17.6 Å². The molecule has 1 aromatic rings. The Morgan fingerprint density at radius 1 is 1.42 bits per heavy atom. The second kappa shape index (κ2) is 6.22. The lowest BCUT2D eigenvalue weighted by atomic mass is 10.1. The lowest BCUT2D eigenvalue weighted by Gasteiger charge is -2.15. The lowest BCUT2D eigenvalue weighted by Crippen LogP contribution is -2.28. The van der Waals surface area contributed by atoms with E-state index >= 15 is 0 Å². The summed E-state index contributed by atoms with van der Waals surface area (Å²) in [6.07, 6.45) is 0.0315. The summed E-state index contributed by atoms with van der Waals surface area (Å²) >= 11 is 6.00. The minimum Gasteiger partial charge on any atom is -0.387 e.